The Balaban J connectivity index is 1.46. The van der Waals surface area contributed by atoms with Crippen LogP contribution in [-0.2, 0) is 4.79 Å². The number of rotatable bonds is 5. The summed E-state index contributed by atoms with van der Waals surface area (Å²) in [6.07, 6.45) is 5.09. The number of halogens is 1. The number of hydrogen-bond acceptors (Lipinski definition) is 2. The molecule has 1 saturated carbocycles. The minimum Gasteiger partial charge on any atom is -0.497 e. The van der Waals surface area contributed by atoms with E-state index in [0.717, 1.165) is 37.1 Å². The summed E-state index contributed by atoms with van der Waals surface area (Å²) in [6, 6.07) is 15.6. The number of anilines is 1. The fraction of sp³-hybridized carbons (Fsp3) is 0.381. The second kappa shape index (κ2) is 8.39. The highest BCUT2D eigenvalue weighted by atomic mass is 35.5. The van der Waals surface area contributed by atoms with Crippen LogP contribution in [0.3, 0.4) is 0 Å². The molecule has 1 N–H and O–H groups in total. The van der Waals surface area contributed by atoms with Crippen LogP contribution in [0.15, 0.2) is 48.5 Å². The van der Waals surface area contributed by atoms with E-state index in [1.54, 1.807) is 19.2 Å². The Bertz CT molecular complexity index is 689. The van der Waals surface area contributed by atoms with Gasteiger partial charge in [0.05, 0.1) is 7.11 Å². The van der Waals surface area contributed by atoms with Crippen molar-refractivity contribution in [3.8, 4) is 5.75 Å². The Morgan fingerprint density at radius 3 is 2.28 bits per heavy atom. The molecule has 1 fully saturated rings. The lowest BCUT2D eigenvalue weighted by Gasteiger charge is -2.28. The molecule has 1 aliphatic carbocycles. The second-order valence-corrected chi connectivity index (χ2v) is 7.19. The molecule has 25 heavy (non-hydrogen) atoms. The van der Waals surface area contributed by atoms with Gasteiger partial charge in [0.2, 0.25) is 5.91 Å². The summed E-state index contributed by atoms with van der Waals surface area (Å²) in [5, 5.41) is 3.64. The van der Waals surface area contributed by atoms with Crippen LogP contribution in [-0.4, -0.2) is 13.0 Å². The minimum atomic E-state index is 0.0928. The van der Waals surface area contributed by atoms with Crippen LogP contribution in [0, 0.1) is 5.92 Å². The summed E-state index contributed by atoms with van der Waals surface area (Å²) in [4.78, 5) is 12.2. The number of nitrogens with one attached hydrogen (secondary N) is 1. The highest BCUT2D eigenvalue weighted by Gasteiger charge is 2.24. The van der Waals surface area contributed by atoms with Crippen molar-refractivity contribution >= 4 is 23.2 Å². The van der Waals surface area contributed by atoms with Crippen LogP contribution in [0.2, 0.25) is 5.02 Å². The van der Waals surface area contributed by atoms with Gasteiger partial charge in [0.25, 0.3) is 0 Å². The summed E-state index contributed by atoms with van der Waals surface area (Å²) in [7, 11) is 1.69. The number of carbonyl (C=O) groups is 1. The first-order chi connectivity index (χ1) is 12.1. The molecule has 3 rings (SSSR count). The molecule has 0 bridgehead atoms. The molecule has 0 aromatic heterocycles. The van der Waals surface area contributed by atoms with E-state index in [2.05, 4.69) is 17.4 Å². The van der Waals surface area contributed by atoms with E-state index in [0.29, 0.717) is 23.3 Å². The molecule has 0 heterocycles. The fourth-order valence-corrected chi connectivity index (χ4v) is 3.71. The molecular formula is C21H24ClNO2. The maximum absolute atomic E-state index is 12.2. The van der Waals surface area contributed by atoms with E-state index >= 15 is 0 Å². The van der Waals surface area contributed by atoms with Gasteiger partial charge in [0, 0.05) is 17.1 Å². The zero-order valence-electron chi connectivity index (χ0n) is 14.5. The third kappa shape index (κ3) is 4.99. The Hall–Kier alpha value is -2.00. The zero-order chi connectivity index (χ0) is 17.6. The molecule has 0 unspecified atom stereocenters. The van der Waals surface area contributed by atoms with Gasteiger partial charge in [0.1, 0.15) is 5.75 Å². The second-order valence-electron chi connectivity index (χ2n) is 6.75. The maximum Gasteiger partial charge on any atom is 0.224 e. The number of amides is 1. The van der Waals surface area contributed by atoms with Crippen LogP contribution in [0.1, 0.15) is 43.6 Å². The standard InChI is InChI=1S/C21H24ClNO2/c1-25-20-12-6-17(7-13-20)16-4-2-15(3-5-16)14-21(24)23-19-10-8-18(22)9-11-19/h6-13,15-16H,2-5,14H2,1H3,(H,23,24). The zero-order valence-corrected chi connectivity index (χ0v) is 15.3. The fourth-order valence-electron chi connectivity index (χ4n) is 3.58. The van der Waals surface area contributed by atoms with Crippen LogP contribution >= 0.6 is 11.6 Å². The molecule has 1 aliphatic rings. The molecule has 2 aromatic carbocycles. The normalized spacial score (nSPS) is 20.1. The van der Waals surface area contributed by atoms with Crippen molar-refractivity contribution in [3.05, 3.63) is 59.1 Å². The van der Waals surface area contributed by atoms with Gasteiger partial charge in [-0.2, -0.15) is 0 Å². The lowest BCUT2D eigenvalue weighted by molar-refractivity contribution is -0.117. The summed E-state index contributed by atoms with van der Waals surface area (Å²) in [5.74, 6) is 2.06. The number of carbonyl (C=O) groups excluding carboxylic acids is 1. The van der Waals surface area contributed by atoms with Crippen LogP contribution in [0.5, 0.6) is 5.75 Å². The molecule has 132 valence electrons. The molecular weight excluding hydrogens is 334 g/mol. The molecule has 0 atom stereocenters. The summed E-state index contributed by atoms with van der Waals surface area (Å²) in [5.41, 5.74) is 2.19. The average Bonchev–Trinajstić information content (AvgIpc) is 2.64. The Morgan fingerprint density at radius 2 is 1.68 bits per heavy atom. The first kappa shape index (κ1) is 17.8. The molecule has 1 amide bonds. The van der Waals surface area contributed by atoms with Crippen molar-refractivity contribution in [2.24, 2.45) is 5.92 Å². The molecule has 3 nitrogen and oxygen atoms in total. The van der Waals surface area contributed by atoms with Crippen molar-refractivity contribution in [1.29, 1.82) is 0 Å². The quantitative estimate of drug-likeness (QED) is 0.750. The van der Waals surface area contributed by atoms with Crippen molar-refractivity contribution in [1.82, 2.24) is 0 Å². The van der Waals surface area contributed by atoms with Crippen molar-refractivity contribution in [2.45, 2.75) is 38.0 Å². The number of benzene rings is 2. The average molecular weight is 358 g/mol. The molecule has 0 radical (unpaired) electrons. The third-order valence-corrected chi connectivity index (χ3v) is 5.29. The van der Waals surface area contributed by atoms with Crippen molar-refractivity contribution in [3.63, 3.8) is 0 Å². The largest absolute Gasteiger partial charge is 0.497 e. The topological polar surface area (TPSA) is 38.3 Å². The van der Waals surface area contributed by atoms with Crippen LogP contribution in [0.25, 0.3) is 0 Å². The minimum absolute atomic E-state index is 0.0928. The van der Waals surface area contributed by atoms with E-state index < -0.39 is 0 Å². The Morgan fingerprint density at radius 1 is 1.04 bits per heavy atom. The first-order valence-corrected chi connectivity index (χ1v) is 9.21. The van der Waals surface area contributed by atoms with Crippen LogP contribution in [0.4, 0.5) is 5.69 Å². The highest BCUT2D eigenvalue weighted by molar-refractivity contribution is 6.30. The Kier molecular flexibility index (Phi) is 5.98. The SMILES string of the molecule is COc1ccc(C2CCC(CC(=O)Nc3ccc(Cl)cc3)CC2)cc1. The predicted octanol–water partition coefficient (Wildman–Crippen LogP) is 5.65. The van der Waals surface area contributed by atoms with E-state index in [-0.39, 0.29) is 5.91 Å². The number of hydrogen-bond donors (Lipinski definition) is 1. The molecule has 0 spiro atoms. The first-order valence-electron chi connectivity index (χ1n) is 8.83. The summed E-state index contributed by atoms with van der Waals surface area (Å²) < 4.78 is 5.22. The van der Waals surface area contributed by atoms with Gasteiger partial charge in [-0.1, -0.05) is 23.7 Å². The van der Waals surface area contributed by atoms with E-state index in [1.807, 2.05) is 24.3 Å². The monoisotopic (exact) mass is 357 g/mol. The van der Waals surface area contributed by atoms with Gasteiger partial charge in [-0.3, -0.25) is 4.79 Å². The summed E-state index contributed by atoms with van der Waals surface area (Å²) in [6.45, 7) is 0. The molecule has 2 aromatic rings. The maximum atomic E-state index is 12.2. The van der Waals surface area contributed by atoms with Crippen LogP contribution < -0.4 is 10.1 Å². The highest BCUT2D eigenvalue weighted by Crippen LogP contribution is 2.37. The van der Waals surface area contributed by atoms with Gasteiger partial charge in [-0.25, -0.2) is 0 Å². The smallest absolute Gasteiger partial charge is 0.224 e. The third-order valence-electron chi connectivity index (χ3n) is 5.04. The van der Waals surface area contributed by atoms with E-state index in [9.17, 15) is 4.79 Å². The predicted molar refractivity (Wildman–Crippen MR) is 102 cm³/mol. The van der Waals surface area contributed by atoms with E-state index in [4.69, 9.17) is 16.3 Å². The van der Waals surface area contributed by atoms with Gasteiger partial charge in [0.15, 0.2) is 0 Å². The van der Waals surface area contributed by atoms with Gasteiger partial charge in [-0.05, 0) is 79.5 Å². The van der Waals surface area contributed by atoms with Crippen molar-refractivity contribution < 1.29 is 9.53 Å². The van der Waals surface area contributed by atoms with E-state index in [1.165, 1.54) is 5.56 Å². The van der Waals surface area contributed by atoms with Gasteiger partial charge in [-0.15, -0.1) is 0 Å². The number of methoxy groups -OCH3 is 1. The number of ether oxygens (including phenoxy) is 1. The lowest BCUT2D eigenvalue weighted by atomic mass is 9.77. The molecule has 0 saturated heterocycles. The molecule has 0 aliphatic heterocycles. The van der Waals surface area contributed by atoms with Gasteiger partial charge < -0.3 is 10.1 Å². The Labute approximate surface area is 154 Å². The summed E-state index contributed by atoms with van der Waals surface area (Å²) >= 11 is 5.87. The van der Waals surface area contributed by atoms with Gasteiger partial charge >= 0.3 is 0 Å². The lowest BCUT2D eigenvalue weighted by Crippen LogP contribution is -2.20. The molecule has 4 heteroatoms. The van der Waals surface area contributed by atoms with Crippen molar-refractivity contribution in [2.75, 3.05) is 12.4 Å².